The highest BCUT2D eigenvalue weighted by molar-refractivity contribution is 5.46. The van der Waals surface area contributed by atoms with E-state index in [4.69, 9.17) is 4.74 Å². The Morgan fingerprint density at radius 2 is 2.41 bits per heavy atom. The van der Waals surface area contributed by atoms with Crippen molar-refractivity contribution in [3.8, 4) is 0 Å². The van der Waals surface area contributed by atoms with E-state index >= 15 is 0 Å². The number of anilines is 1. The fraction of sp³-hybridized carbons (Fsp3) is 0.571. The Bertz CT molecular complexity index is 348. The van der Waals surface area contributed by atoms with Crippen molar-refractivity contribution in [3.63, 3.8) is 0 Å². The molecule has 0 radical (unpaired) electrons. The lowest BCUT2D eigenvalue weighted by molar-refractivity contribution is 0.0392. The molecule has 2 rings (SSSR count). The summed E-state index contributed by atoms with van der Waals surface area (Å²) in [5, 5.41) is 12.9. The van der Waals surface area contributed by atoms with E-state index < -0.39 is 0 Å². The molecule has 1 heterocycles. The van der Waals surface area contributed by atoms with Crippen molar-refractivity contribution < 1.29 is 9.84 Å². The summed E-state index contributed by atoms with van der Waals surface area (Å²) in [7, 11) is 0. The largest absolute Gasteiger partial charge is 0.394 e. The van der Waals surface area contributed by atoms with E-state index in [1.165, 1.54) is 5.56 Å². The summed E-state index contributed by atoms with van der Waals surface area (Å²) in [5.41, 5.74) is 2.31. The maximum absolute atomic E-state index is 9.49. The molecule has 94 valence electrons. The van der Waals surface area contributed by atoms with Crippen LogP contribution in [-0.4, -0.2) is 31.0 Å². The summed E-state index contributed by atoms with van der Waals surface area (Å²) in [5.74, 6) is 0.411. The van der Waals surface area contributed by atoms with E-state index in [1.54, 1.807) is 0 Å². The molecule has 1 saturated heterocycles. The molecule has 0 spiro atoms. The van der Waals surface area contributed by atoms with Gasteiger partial charge in [0.25, 0.3) is 0 Å². The number of aliphatic hydroxyl groups excluding tert-OH is 1. The van der Waals surface area contributed by atoms with Crippen molar-refractivity contribution in [2.75, 3.05) is 25.1 Å². The fourth-order valence-corrected chi connectivity index (χ4v) is 2.34. The summed E-state index contributed by atoms with van der Waals surface area (Å²) in [6, 6.07) is 8.34. The van der Waals surface area contributed by atoms with Gasteiger partial charge in [0.2, 0.25) is 0 Å². The minimum absolute atomic E-state index is 0.0945. The monoisotopic (exact) mass is 235 g/mol. The van der Waals surface area contributed by atoms with Gasteiger partial charge in [0, 0.05) is 18.2 Å². The van der Waals surface area contributed by atoms with E-state index in [0.29, 0.717) is 5.92 Å². The van der Waals surface area contributed by atoms with E-state index in [0.717, 1.165) is 31.7 Å². The summed E-state index contributed by atoms with van der Waals surface area (Å²) >= 11 is 0. The van der Waals surface area contributed by atoms with Gasteiger partial charge in [-0.05, 0) is 37.5 Å². The van der Waals surface area contributed by atoms with E-state index in [2.05, 4.69) is 24.4 Å². The topological polar surface area (TPSA) is 41.5 Å². The molecule has 0 bridgehead atoms. The van der Waals surface area contributed by atoms with Crippen molar-refractivity contribution >= 4 is 5.69 Å². The molecule has 1 aliphatic heterocycles. The molecule has 2 atom stereocenters. The van der Waals surface area contributed by atoms with Gasteiger partial charge in [0.1, 0.15) is 0 Å². The Labute approximate surface area is 103 Å². The van der Waals surface area contributed by atoms with E-state index in [1.807, 2.05) is 12.1 Å². The van der Waals surface area contributed by atoms with Gasteiger partial charge in [-0.3, -0.25) is 0 Å². The van der Waals surface area contributed by atoms with E-state index in [-0.39, 0.29) is 12.6 Å². The van der Waals surface area contributed by atoms with Crippen molar-refractivity contribution in [1.29, 1.82) is 0 Å². The number of benzene rings is 1. The molecule has 1 aliphatic rings. The Kier molecular flexibility index (Phi) is 4.40. The summed E-state index contributed by atoms with van der Waals surface area (Å²) in [4.78, 5) is 0. The quantitative estimate of drug-likeness (QED) is 0.840. The Balaban J connectivity index is 1.98. The third-order valence-corrected chi connectivity index (χ3v) is 3.33. The number of nitrogens with one attached hydrogen (secondary N) is 1. The Morgan fingerprint density at radius 1 is 1.53 bits per heavy atom. The maximum Gasteiger partial charge on any atom is 0.0636 e. The minimum Gasteiger partial charge on any atom is -0.394 e. The number of aliphatic hydroxyl groups is 1. The third kappa shape index (κ3) is 3.45. The SMILES string of the molecule is Cc1cccc(NC(CO)C2CCCOC2)c1. The van der Waals surface area contributed by atoms with Crippen LogP contribution in [0.25, 0.3) is 0 Å². The molecule has 1 aromatic carbocycles. The van der Waals surface area contributed by atoms with Gasteiger partial charge >= 0.3 is 0 Å². The summed E-state index contributed by atoms with van der Waals surface area (Å²) in [6.07, 6.45) is 2.22. The molecular weight excluding hydrogens is 214 g/mol. The lowest BCUT2D eigenvalue weighted by Gasteiger charge is -2.30. The van der Waals surface area contributed by atoms with Crippen LogP contribution in [0.1, 0.15) is 18.4 Å². The standard InChI is InChI=1S/C14H21NO2/c1-11-4-2-6-13(8-11)15-14(9-16)12-5-3-7-17-10-12/h2,4,6,8,12,14-16H,3,5,7,9-10H2,1H3. The van der Waals surface area contributed by atoms with Gasteiger partial charge < -0.3 is 15.2 Å². The van der Waals surface area contributed by atoms with Crippen molar-refractivity contribution in [3.05, 3.63) is 29.8 Å². The van der Waals surface area contributed by atoms with Gasteiger partial charge in [-0.15, -0.1) is 0 Å². The van der Waals surface area contributed by atoms with Crippen molar-refractivity contribution in [1.82, 2.24) is 0 Å². The number of ether oxygens (including phenoxy) is 1. The number of hydrogen-bond acceptors (Lipinski definition) is 3. The maximum atomic E-state index is 9.49. The lowest BCUT2D eigenvalue weighted by atomic mass is 9.94. The molecule has 0 aliphatic carbocycles. The molecule has 0 amide bonds. The van der Waals surface area contributed by atoms with Crippen LogP contribution in [0.3, 0.4) is 0 Å². The normalized spacial score (nSPS) is 22.1. The van der Waals surface area contributed by atoms with Gasteiger partial charge in [-0.25, -0.2) is 0 Å². The first-order valence-electron chi connectivity index (χ1n) is 6.31. The number of rotatable bonds is 4. The second kappa shape index (κ2) is 6.03. The van der Waals surface area contributed by atoms with Crippen LogP contribution >= 0.6 is 0 Å². The first-order chi connectivity index (χ1) is 8.29. The van der Waals surface area contributed by atoms with Gasteiger partial charge in [0.15, 0.2) is 0 Å². The van der Waals surface area contributed by atoms with Crippen LogP contribution in [0.5, 0.6) is 0 Å². The number of hydrogen-bond donors (Lipinski definition) is 2. The molecule has 1 aromatic rings. The summed E-state index contributed by atoms with van der Waals surface area (Å²) in [6.45, 7) is 3.84. The van der Waals surface area contributed by atoms with Gasteiger partial charge in [-0.1, -0.05) is 12.1 Å². The van der Waals surface area contributed by atoms with Crippen LogP contribution in [0.2, 0.25) is 0 Å². The van der Waals surface area contributed by atoms with Crippen molar-refractivity contribution in [2.24, 2.45) is 5.92 Å². The average molecular weight is 235 g/mol. The average Bonchev–Trinajstić information content (AvgIpc) is 2.37. The molecule has 0 saturated carbocycles. The molecule has 1 fully saturated rings. The first-order valence-corrected chi connectivity index (χ1v) is 6.31. The summed E-state index contributed by atoms with van der Waals surface area (Å²) < 4.78 is 5.48. The molecule has 0 aromatic heterocycles. The smallest absolute Gasteiger partial charge is 0.0636 e. The predicted molar refractivity (Wildman–Crippen MR) is 69.2 cm³/mol. The zero-order valence-electron chi connectivity index (χ0n) is 10.4. The third-order valence-electron chi connectivity index (χ3n) is 3.33. The zero-order valence-corrected chi connectivity index (χ0v) is 10.4. The molecule has 2 unspecified atom stereocenters. The van der Waals surface area contributed by atoms with Crippen LogP contribution in [0, 0.1) is 12.8 Å². The molecule has 2 N–H and O–H groups in total. The molecular formula is C14H21NO2. The van der Waals surface area contributed by atoms with Crippen molar-refractivity contribution in [2.45, 2.75) is 25.8 Å². The molecule has 3 heteroatoms. The van der Waals surface area contributed by atoms with Crippen LogP contribution < -0.4 is 5.32 Å². The first kappa shape index (κ1) is 12.4. The lowest BCUT2D eigenvalue weighted by Crippen LogP contribution is -2.37. The Hall–Kier alpha value is -1.06. The second-order valence-corrected chi connectivity index (χ2v) is 4.78. The zero-order chi connectivity index (χ0) is 12.1. The minimum atomic E-state index is 0.0945. The molecule has 3 nitrogen and oxygen atoms in total. The van der Waals surface area contributed by atoms with Crippen LogP contribution in [-0.2, 0) is 4.74 Å². The van der Waals surface area contributed by atoms with Crippen LogP contribution in [0.4, 0.5) is 5.69 Å². The second-order valence-electron chi connectivity index (χ2n) is 4.78. The predicted octanol–water partition coefficient (Wildman–Crippen LogP) is 2.19. The fourth-order valence-electron chi connectivity index (χ4n) is 2.34. The highest BCUT2D eigenvalue weighted by Crippen LogP contribution is 2.21. The van der Waals surface area contributed by atoms with E-state index in [9.17, 15) is 5.11 Å². The number of aryl methyl sites for hydroxylation is 1. The van der Waals surface area contributed by atoms with Gasteiger partial charge in [-0.2, -0.15) is 0 Å². The Morgan fingerprint density at radius 3 is 3.06 bits per heavy atom. The molecule has 17 heavy (non-hydrogen) atoms. The highest BCUT2D eigenvalue weighted by atomic mass is 16.5. The van der Waals surface area contributed by atoms with Gasteiger partial charge in [0.05, 0.1) is 19.3 Å². The highest BCUT2D eigenvalue weighted by Gasteiger charge is 2.23. The van der Waals surface area contributed by atoms with Crippen LogP contribution in [0.15, 0.2) is 24.3 Å².